The number of nitrogens with zero attached hydrogens (tertiary/aromatic N) is 1. The maximum Gasteiger partial charge on any atom is 0.167 e. The van der Waals surface area contributed by atoms with Crippen LogP contribution in [0.4, 0.5) is 0 Å². The van der Waals surface area contributed by atoms with E-state index in [1.807, 2.05) is 30.3 Å². The summed E-state index contributed by atoms with van der Waals surface area (Å²) < 4.78 is 0. The zero-order chi connectivity index (χ0) is 11.8. The van der Waals surface area contributed by atoms with Crippen molar-refractivity contribution in [3.05, 3.63) is 41.6 Å². The molecule has 0 saturated heterocycles. The number of nitrogens with one attached hydrogen (secondary N) is 1. The first kappa shape index (κ1) is 10.3. The van der Waals surface area contributed by atoms with Crippen LogP contribution in [0.2, 0.25) is 0 Å². The Labute approximate surface area is 99.9 Å². The van der Waals surface area contributed by atoms with Gasteiger partial charge in [-0.15, -0.1) is 0 Å². The van der Waals surface area contributed by atoms with E-state index >= 15 is 0 Å². The van der Waals surface area contributed by atoms with Gasteiger partial charge in [0.05, 0.1) is 5.56 Å². The minimum atomic E-state index is 0.214. The summed E-state index contributed by atoms with van der Waals surface area (Å²) in [5.41, 5.74) is 3.60. The van der Waals surface area contributed by atoms with Crippen LogP contribution in [-0.2, 0) is 6.42 Å². The molecule has 0 fully saturated rings. The third kappa shape index (κ3) is 1.68. The van der Waals surface area contributed by atoms with Crippen molar-refractivity contribution in [3.63, 3.8) is 0 Å². The number of H-pyrrole nitrogens is 1. The molecule has 3 heteroatoms. The Morgan fingerprint density at radius 3 is 2.76 bits per heavy atom. The Morgan fingerprint density at radius 1 is 1.24 bits per heavy atom. The summed E-state index contributed by atoms with van der Waals surface area (Å²) >= 11 is 0. The van der Waals surface area contributed by atoms with Gasteiger partial charge in [0.2, 0.25) is 0 Å². The lowest BCUT2D eigenvalue weighted by Crippen LogP contribution is -2.17. The third-order valence-electron chi connectivity index (χ3n) is 3.25. The SMILES string of the molecule is CC1CC(=O)c2c(-c3ccccc3)n[nH]c2C1. The minimum Gasteiger partial charge on any atom is -0.294 e. The van der Waals surface area contributed by atoms with Crippen LogP contribution in [0.5, 0.6) is 0 Å². The molecule has 1 aliphatic carbocycles. The quantitative estimate of drug-likeness (QED) is 0.812. The highest BCUT2D eigenvalue weighted by molar-refractivity contribution is 6.03. The molecular formula is C14H14N2O. The van der Waals surface area contributed by atoms with E-state index in [0.717, 1.165) is 28.9 Å². The van der Waals surface area contributed by atoms with Crippen molar-refractivity contribution in [1.29, 1.82) is 0 Å². The van der Waals surface area contributed by atoms with Gasteiger partial charge in [-0.3, -0.25) is 9.89 Å². The summed E-state index contributed by atoms with van der Waals surface area (Å²) in [5.74, 6) is 0.630. The molecular weight excluding hydrogens is 212 g/mol. The van der Waals surface area contributed by atoms with E-state index in [1.165, 1.54) is 0 Å². The van der Waals surface area contributed by atoms with E-state index in [4.69, 9.17) is 0 Å². The van der Waals surface area contributed by atoms with Crippen molar-refractivity contribution in [2.45, 2.75) is 19.8 Å². The zero-order valence-corrected chi connectivity index (χ0v) is 9.73. The van der Waals surface area contributed by atoms with Crippen molar-refractivity contribution in [3.8, 4) is 11.3 Å². The lowest BCUT2D eigenvalue weighted by Gasteiger charge is -2.16. The Hall–Kier alpha value is -1.90. The first-order valence-electron chi connectivity index (χ1n) is 5.91. The zero-order valence-electron chi connectivity index (χ0n) is 9.73. The number of hydrogen-bond donors (Lipinski definition) is 1. The fourth-order valence-corrected chi connectivity index (χ4v) is 2.47. The molecule has 0 radical (unpaired) electrons. The predicted octanol–water partition coefficient (Wildman–Crippen LogP) is 2.84. The number of carbonyl (C=O) groups excluding carboxylic acids is 1. The molecule has 1 heterocycles. The van der Waals surface area contributed by atoms with E-state index in [-0.39, 0.29) is 5.78 Å². The van der Waals surface area contributed by atoms with E-state index < -0.39 is 0 Å². The summed E-state index contributed by atoms with van der Waals surface area (Å²) in [6.45, 7) is 2.10. The highest BCUT2D eigenvalue weighted by Crippen LogP contribution is 2.31. The first-order chi connectivity index (χ1) is 8.25. The van der Waals surface area contributed by atoms with Gasteiger partial charge >= 0.3 is 0 Å². The fraction of sp³-hybridized carbons (Fsp3) is 0.286. The smallest absolute Gasteiger partial charge is 0.167 e. The summed E-state index contributed by atoms with van der Waals surface area (Å²) in [4.78, 5) is 12.1. The highest BCUT2D eigenvalue weighted by atomic mass is 16.1. The van der Waals surface area contributed by atoms with E-state index in [2.05, 4.69) is 17.1 Å². The van der Waals surface area contributed by atoms with Gasteiger partial charge in [-0.2, -0.15) is 5.10 Å². The summed E-state index contributed by atoms with van der Waals surface area (Å²) in [6, 6.07) is 9.87. The second-order valence-electron chi connectivity index (χ2n) is 4.73. The Morgan fingerprint density at radius 2 is 2.00 bits per heavy atom. The number of hydrogen-bond acceptors (Lipinski definition) is 2. The Kier molecular flexibility index (Phi) is 2.32. The average Bonchev–Trinajstić information content (AvgIpc) is 2.74. The first-order valence-corrected chi connectivity index (χ1v) is 5.91. The molecule has 1 N–H and O–H groups in total. The maximum atomic E-state index is 12.1. The molecule has 1 aromatic heterocycles. The maximum absolute atomic E-state index is 12.1. The highest BCUT2D eigenvalue weighted by Gasteiger charge is 2.28. The molecule has 1 aromatic carbocycles. The monoisotopic (exact) mass is 226 g/mol. The third-order valence-corrected chi connectivity index (χ3v) is 3.25. The van der Waals surface area contributed by atoms with Crippen LogP contribution >= 0.6 is 0 Å². The van der Waals surface area contributed by atoms with Crippen LogP contribution in [0.15, 0.2) is 30.3 Å². The second-order valence-corrected chi connectivity index (χ2v) is 4.73. The second kappa shape index (κ2) is 3.84. The molecule has 3 rings (SSSR count). The van der Waals surface area contributed by atoms with Gasteiger partial charge in [-0.25, -0.2) is 0 Å². The van der Waals surface area contributed by atoms with Gasteiger partial charge in [0.15, 0.2) is 5.78 Å². The van der Waals surface area contributed by atoms with Gasteiger partial charge in [0.25, 0.3) is 0 Å². The number of aromatic nitrogens is 2. The molecule has 1 atom stereocenters. The van der Waals surface area contributed by atoms with E-state index in [1.54, 1.807) is 0 Å². The molecule has 86 valence electrons. The van der Waals surface area contributed by atoms with E-state index in [0.29, 0.717) is 12.3 Å². The fourth-order valence-electron chi connectivity index (χ4n) is 2.47. The van der Waals surface area contributed by atoms with Crippen LogP contribution in [-0.4, -0.2) is 16.0 Å². The van der Waals surface area contributed by atoms with Gasteiger partial charge in [-0.05, 0) is 12.3 Å². The normalized spacial score (nSPS) is 19.1. The van der Waals surface area contributed by atoms with Crippen LogP contribution in [0.25, 0.3) is 11.3 Å². The number of ketones is 1. The van der Waals surface area contributed by atoms with Crippen molar-refractivity contribution >= 4 is 5.78 Å². The van der Waals surface area contributed by atoms with Crippen LogP contribution in [0.1, 0.15) is 29.4 Å². The van der Waals surface area contributed by atoms with Gasteiger partial charge < -0.3 is 0 Å². The number of carbonyl (C=O) groups is 1. The molecule has 0 aliphatic heterocycles. The number of fused-ring (bicyclic) bond motifs is 1. The van der Waals surface area contributed by atoms with Gasteiger partial charge in [-0.1, -0.05) is 37.3 Å². The number of Topliss-reactive ketones (excluding diaryl/α,β-unsaturated/α-hetero) is 1. The molecule has 0 amide bonds. The van der Waals surface area contributed by atoms with Crippen LogP contribution in [0, 0.1) is 5.92 Å². The molecule has 2 aromatic rings. The van der Waals surface area contributed by atoms with Crippen molar-refractivity contribution in [2.75, 3.05) is 0 Å². The van der Waals surface area contributed by atoms with Crippen molar-refractivity contribution in [1.82, 2.24) is 10.2 Å². The number of benzene rings is 1. The Balaban J connectivity index is 2.13. The van der Waals surface area contributed by atoms with Crippen LogP contribution < -0.4 is 0 Å². The summed E-state index contributed by atoms with van der Waals surface area (Å²) in [7, 11) is 0. The molecule has 0 spiro atoms. The lowest BCUT2D eigenvalue weighted by molar-refractivity contribution is 0.0954. The topological polar surface area (TPSA) is 45.8 Å². The van der Waals surface area contributed by atoms with Gasteiger partial charge in [0.1, 0.15) is 5.69 Å². The van der Waals surface area contributed by atoms with E-state index in [9.17, 15) is 4.79 Å². The average molecular weight is 226 g/mol. The standard InChI is InChI=1S/C14H14N2O/c1-9-7-11-13(12(17)8-9)14(16-15-11)10-5-3-2-4-6-10/h2-6,9H,7-8H2,1H3,(H,15,16). The molecule has 0 bridgehead atoms. The summed E-state index contributed by atoms with van der Waals surface area (Å²) in [6.07, 6.45) is 1.55. The predicted molar refractivity (Wildman–Crippen MR) is 65.8 cm³/mol. The molecule has 0 saturated carbocycles. The molecule has 17 heavy (non-hydrogen) atoms. The van der Waals surface area contributed by atoms with Crippen LogP contribution in [0.3, 0.4) is 0 Å². The Bertz CT molecular complexity index is 557. The number of aromatic amines is 1. The summed E-state index contributed by atoms with van der Waals surface area (Å²) in [5, 5.41) is 7.32. The van der Waals surface area contributed by atoms with Crippen molar-refractivity contribution < 1.29 is 4.79 Å². The lowest BCUT2D eigenvalue weighted by atomic mass is 9.86. The van der Waals surface area contributed by atoms with Gasteiger partial charge in [0, 0.05) is 17.7 Å². The number of rotatable bonds is 1. The molecule has 1 unspecified atom stereocenters. The minimum absolute atomic E-state index is 0.214. The largest absolute Gasteiger partial charge is 0.294 e. The molecule has 1 aliphatic rings. The van der Waals surface area contributed by atoms with Crippen molar-refractivity contribution in [2.24, 2.45) is 5.92 Å². The molecule has 3 nitrogen and oxygen atoms in total.